The minimum absolute atomic E-state index is 0.210. The zero-order chi connectivity index (χ0) is 22.1. The minimum atomic E-state index is -4.63. The van der Waals surface area contributed by atoms with Gasteiger partial charge < -0.3 is 16.0 Å². The van der Waals surface area contributed by atoms with Crippen LogP contribution in [0.4, 0.5) is 36.1 Å². The van der Waals surface area contributed by atoms with Crippen LogP contribution in [0.3, 0.4) is 0 Å². The van der Waals surface area contributed by atoms with E-state index in [-0.39, 0.29) is 22.8 Å². The Hall–Kier alpha value is -3.56. The van der Waals surface area contributed by atoms with Crippen LogP contribution in [0.5, 0.6) is 0 Å². The lowest BCUT2D eigenvalue weighted by molar-refractivity contribution is -0.137. The number of para-hydroxylation sites is 1. The van der Waals surface area contributed by atoms with Crippen molar-refractivity contribution >= 4 is 28.8 Å². The molecule has 0 aliphatic rings. The number of pyridine rings is 1. The van der Waals surface area contributed by atoms with E-state index in [1.807, 2.05) is 6.92 Å². The summed E-state index contributed by atoms with van der Waals surface area (Å²) in [6.45, 7) is 3.63. The van der Waals surface area contributed by atoms with Crippen LogP contribution in [0.15, 0.2) is 36.5 Å². The van der Waals surface area contributed by atoms with E-state index in [2.05, 4.69) is 26.0 Å². The molecule has 3 aromatic rings. The van der Waals surface area contributed by atoms with E-state index < -0.39 is 17.6 Å². The van der Waals surface area contributed by atoms with E-state index in [1.54, 1.807) is 30.8 Å². The number of carbonyl (C=O) groups is 1. The number of anilines is 4. The zero-order valence-electron chi connectivity index (χ0n) is 16.8. The number of alkyl halides is 3. The van der Waals surface area contributed by atoms with Gasteiger partial charge in [0.15, 0.2) is 0 Å². The molecule has 0 atom stereocenters. The second-order valence-electron chi connectivity index (χ2n) is 6.66. The zero-order valence-corrected chi connectivity index (χ0v) is 16.8. The lowest BCUT2D eigenvalue weighted by Gasteiger charge is -2.17. The first kappa shape index (κ1) is 21.2. The molecule has 3 N–H and O–H groups in total. The maximum absolute atomic E-state index is 13.6. The van der Waals surface area contributed by atoms with Crippen LogP contribution < -0.4 is 16.0 Å². The second-order valence-corrected chi connectivity index (χ2v) is 6.66. The Kier molecular flexibility index (Phi) is 5.68. The number of nitrogens with zero attached hydrogens (tertiary/aromatic N) is 3. The first-order valence-electron chi connectivity index (χ1n) is 9.04. The van der Waals surface area contributed by atoms with Gasteiger partial charge in [-0.25, -0.2) is 4.98 Å². The van der Waals surface area contributed by atoms with Gasteiger partial charge in [-0.1, -0.05) is 12.1 Å². The number of carbonyl (C=O) groups excluding carboxylic acids is 1. The number of halogens is 3. The third kappa shape index (κ3) is 4.22. The molecule has 0 saturated heterocycles. The molecule has 0 radical (unpaired) electrons. The molecule has 10 heteroatoms. The summed E-state index contributed by atoms with van der Waals surface area (Å²) < 4.78 is 42.4. The summed E-state index contributed by atoms with van der Waals surface area (Å²) >= 11 is 0. The molecule has 0 bridgehead atoms. The summed E-state index contributed by atoms with van der Waals surface area (Å²) in [5, 5.41) is 12.5. The van der Waals surface area contributed by atoms with Crippen LogP contribution in [0.25, 0.3) is 0 Å². The summed E-state index contributed by atoms with van der Waals surface area (Å²) in [5.74, 6) is -0.206. The van der Waals surface area contributed by atoms with Crippen LogP contribution in [0.1, 0.15) is 27.3 Å². The number of hydrogen-bond acceptors (Lipinski definition) is 5. The van der Waals surface area contributed by atoms with E-state index in [0.29, 0.717) is 11.4 Å². The van der Waals surface area contributed by atoms with Gasteiger partial charge in [0.05, 0.1) is 39.6 Å². The Labute approximate surface area is 171 Å². The number of aromatic nitrogens is 3. The Morgan fingerprint density at radius 3 is 2.40 bits per heavy atom. The molecule has 0 saturated carbocycles. The Morgan fingerprint density at radius 2 is 1.80 bits per heavy atom. The minimum Gasteiger partial charge on any atom is -0.355 e. The summed E-state index contributed by atoms with van der Waals surface area (Å²) in [6, 6.07) is 7.58. The third-order valence-electron chi connectivity index (χ3n) is 4.64. The van der Waals surface area contributed by atoms with Crippen molar-refractivity contribution in [2.75, 3.05) is 17.7 Å². The van der Waals surface area contributed by atoms with Crippen molar-refractivity contribution in [3.63, 3.8) is 0 Å². The highest BCUT2D eigenvalue weighted by Gasteiger charge is 2.34. The maximum atomic E-state index is 13.6. The number of hydrogen-bond donors (Lipinski definition) is 3. The van der Waals surface area contributed by atoms with Crippen molar-refractivity contribution < 1.29 is 18.0 Å². The number of amides is 1. The van der Waals surface area contributed by atoms with Crippen LogP contribution in [-0.2, 0) is 13.2 Å². The highest BCUT2D eigenvalue weighted by atomic mass is 19.4. The topological polar surface area (TPSA) is 83.9 Å². The summed E-state index contributed by atoms with van der Waals surface area (Å²) in [5.41, 5.74) is 1.47. The Bertz CT molecular complexity index is 1090. The van der Waals surface area contributed by atoms with Crippen LogP contribution >= 0.6 is 0 Å². The molecule has 2 heterocycles. The standard InChI is InChI=1S/C20H21F3N6O/c1-11-18(12(2)29(4)28-11)27-17-9-16(14(10-25-17)20(21,22)23)26-15-8-6-5-7-13(15)19(30)24-3/h5-10H,1-4H3,(H,24,30)(H2,25,26,27). The SMILES string of the molecule is CNC(=O)c1ccccc1Nc1cc(Nc2c(C)nn(C)c2C)ncc1C(F)(F)F. The monoisotopic (exact) mass is 418 g/mol. The lowest BCUT2D eigenvalue weighted by atomic mass is 10.1. The highest BCUT2D eigenvalue weighted by molar-refractivity contribution is 6.00. The van der Waals surface area contributed by atoms with Gasteiger partial charge in [-0.05, 0) is 26.0 Å². The van der Waals surface area contributed by atoms with E-state index >= 15 is 0 Å². The van der Waals surface area contributed by atoms with Gasteiger partial charge in [-0.15, -0.1) is 0 Å². The molecule has 30 heavy (non-hydrogen) atoms. The Morgan fingerprint density at radius 1 is 1.10 bits per heavy atom. The molecular formula is C20H21F3N6O. The number of nitrogens with one attached hydrogen (secondary N) is 3. The summed E-state index contributed by atoms with van der Waals surface area (Å²) in [6.07, 6.45) is -3.87. The number of aryl methyl sites for hydroxylation is 2. The molecule has 7 nitrogen and oxygen atoms in total. The van der Waals surface area contributed by atoms with Gasteiger partial charge in [0.2, 0.25) is 0 Å². The lowest BCUT2D eigenvalue weighted by Crippen LogP contribution is -2.19. The summed E-state index contributed by atoms with van der Waals surface area (Å²) in [4.78, 5) is 16.0. The van der Waals surface area contributed by atoms with E-state index in [4.69, 9.17) is 0 Å². The average molecular weight is 418 g/mol. The molecule has 0 aliphatic carbocycles. The molecule has 0 spiro atoms. The molecular weight excluding hydrogens is 397 g/mol. The van der Waals surface area contributed by atoms with Crippen molar-refractivity contribution in [1.29, 1.82) is 0 Å². The Balaban J connectivity index is 2.04. The van der Waals surface area contributed by atoms with Gasteiger partial charge in [-0.3, -0.25) is 9.48 Å². The maximum Gasteiger partial charge on any atom is 0.419 e. The fourth-order valence-corrected chi connectivity index (χ4v) is 3.01. The van der Waals surface area contributed by atoms with Gasteiger partial charge in [0.25, 0.3) is 5.91 Å². The molecule has 1 aromatic carbocycles. The normalized spacial score (nSPS) is 11.3. The first-order chi connectivity index (χ1) is 14.1. The first-order valence-corrected chi connectivity index (χ1v) is 9.04. The van der Waals surface area contributed by atoms with Crippen molar-refractivity contribution in [3.8, 4) is 0 Å². The number of benzene rings is 1. The van der Waals surface area contributed by atoms with Crippen molar-refractivity contribution in [2.24, 2.45) is 7.05 Å². The van der Waals surface area contributed by atoms with E-state index in [1.165, 1.54) is 25.2 Å². The molecule has 0 unspecified atom stereocenters. The van der Waals surface area contributed by atoms with Gasteiger partial charge >= 0.3 is 6.18 Å². The van der Waals surface area contributed by atoms with Crippen molar-refractivity contribution in [2.45, 2.75) is 20.0 Å². The largest absolute Gasteiger partial charge is 0.419 e. The summed E-state index contributed by atoms with van der Waals surface area (Å²) in [7, 11) is 3.23. The molecule has 1 amide bonds. The molecule has 3 rings (SSSR count). The average Bonchev–Trinajstić information content (AvgIpc) is 2.93. The fraction of sp³-hybridized carbons (Fsp3) is 0.250. The highest BCUT2D eigenvalue weighted by Crippen LogP contribution is 2.38. The van der Waals surface area contributed by atoms with Crippen LogP contribution in [-0.4, -0.2) is 27.7 Å². The molecule has 0 aliphatic heterocycles. The van der Waals surface area contributed by atoms with E-state index in [9.17, 15) is 18.0 Å². The van der Waals surface area contributed by atoms with Crippen molar-refractivity contribution in [1.82, 2.24) is 20.1 Å². The molecule has 0 fully saturated rings. The second kappa shape index (κ2) is 8.05. The van der Waals surface area contributed by atoms with E-state index in [0.717, 1.165) is 11.9 Å². The predicted octanol–water partition coefficient (Wildman–Crippen LogP) is 4.30. The molecule has 2 aromatic heterocycles. The van der Waals surface area contributed by atoms with Gasteiger partial charge in [0, 0.05) is 26.4 Å². The number of rotatable bonds is 5. The molecule has 158 valence electrons. The van der Waals surface area contributed by atoms with Crippen LogP contribution in [0, 0.1) is 13.8 Å². The van der Waals surface area contributed by atoms with Crippen molar-refractivity contribution in [3.05, 3.63) is 59.0 Å². The predicted molar refractivity (Wildman–Crippen MR) is 108 cm³/mol. The van der Waals surface area contributed by atoms with Gasteiger partial charge in [0.1, 0.15) is 5.82 Å². The quantitative estimate of drug-likeness (QED) is 0.576. The smallest absolute Gasteiger partial charge is 0.355 e. The third-order valence-corrected chi connectivity index (χ3v) is 4.64. The van der Waals surface area contributed by atoms with Crippen LogP contribution in [0.2, 0.25) is 0 Å². The fourth-order valence-electron chi connectivity index (χ4n) is 3.01. The van der Waals surface area contributed by atoms with Gasteiger partial charge in [-0.2, -0.15) is 18.3 Å².